The van der Waals surface area contributed by atoms with Crippen LogP contribution in [0, 0.1) is 5.41 Å². The summed E-state index contributed by atoms with van der Waals surface area (Å²) in [6, 6.07) is 15.2. The highest BCUT2D eigenvalue weighted by Crippen LogP contribution is 2.28. The van der Waals surface area contributed by atoms with E-state index in [1.165, 1.54) is 0 Å². The number of nitrogens with one attached hydrogen (secondary N) is 2. The standard InChI is InChI=1S/C15H12ClN5/c16-10-6-7-11-12(8-10)19-15(21-14(17)18)20-13(11)9-4-2-1-3-5-9/h1-8H,(H4,17,18,19,20,21). The van der Waals surface area contributed by atoms with Crippen LogP contribution in [0.1, 0.15) is 0 Å². The van der Waals surface area contributed by atoms with Crippen molar-refractivity contribution in [2.45, 2.75) is 0 Å². The number of fused-ring (bicyclic) bond motifs is 1. The number of aromatic nitrogens is 2. The Labute approximate surface area is 126 Å². The van der Waals surface area contributed by atoms with Crippen molar-refractivity contribution in [3.8, 4) is 11.3 Å². The van der Waals surface area contributed by atoms with Crippen molar-refractivity contribution in [1.29, 1.82) is 5.41 Å². The Morgan fingerprint density at radius 3 is 2.57 bits per heavy atom. The molecule has 6 heteroatoms. The van der Waals surface area contributed by atoms with Gasteiger partial charge in [-0.3, -0.25) is 10.7 Å². The number of nitrogens with zero attached hydrogens (tertiary/aromatic N) is 2. The summed E-state index contributed by atoms with van der Waals surface area (Å²) in [6.45, 7) is 0. The van der Waals surface area contributed by atoms with Crippen molar-refractivity contribution in [2.24, 2.45) is 5.73 Å². The SMILES string of the molecule is N=C(N)Nc1nc(-c2ccccc2)c2ccc(Cl)cc2n1. The number of hydrogen-bond donors (Lipinski definition) is 3. The minimum Gasteiger partial charge on any atom is -0.370 e. The number of nitrogens with two attached hydrogens (primary N) is 1. The lowest BCUT2D eigenvalue weighted by atomic mass is 10.1. The Hall–Kier alpha value is -2.66. The molecule has 2 aromatic carbocycles. The lowest BCUT2D eigenvalue weighted by Crippen LogP contribution is -2.22. The average molecular weight is 298 g/mol. The van der Waals surface area contributed by atoms with Crippen molar-refractivity contribution in [1.82, 2.24) is 9.97 Å². The van der Waals surface area contributed by atoms with Gasteiger partial charge in [-0.05, 0) is 18.2 Å². The molecule has 5 nitrogen and oxygen atoms in total. The first-order valence-electron chi connectivity index (χ1n) is 6.27. The molecule has 0 aliphatic carbocycles. The van der Waals surface area contributed by atoms with Crippen molar-refractivity contribution >= 4 is 34.4 Å². The zero-order valence-corrected chi connectivity index (χ0v) is 11.7. The van der Waals surface area contributed by atoms with E-state index in [4.69, 9.17) is 22.7 Å². The monoisotopic (exact) mass is 297 g/mol. The second-order valence-corrected chi connectivity index (χ2v) is 4.90. The maximum Gasteiger partial charge on any atom is 0.230 e. The normalized spacial score (nSPS) is 10.5. The average Bonchev–Trinajstić information content (AvgIpc) is 2.46. The summed E-state index contributed by atoms with van der Waals surface area (Å²) >= 11 is 6.03. The van der Waals surface area contributed by atoms with E-state index < -0.39 is 0 Å². The van der Waals surface area contributed by atoms with Crippen molar-refractivity contribution < 1.29 is 0 Å². The van der Waals surface area contributed by atoms with E-state index in [9.17, 15) is 0 Å². The molecule has 3 rings (SSSR count). The van der Waals surface area contributed by atoms with Gasteiger partial charge in [0.25, 0.3) is 0 Å². The predicted molar refractivity (Wildman–Crippen MR) is 85.5 cm³/mol. The molecule has 0 aliphatic rings. The highest BCUT2D eigenvalue weighted by atomic mass is 35.5. The summed E-state index contributed by atoms with van der Waals surface area (Å²) in [5, 5.41) is 11.4. The van der Waals surface area contributed by atoms with Gasteiger partial charge in [0, 0.05) is 16.0 Å². The molecule has 0 unspecified atom stereocenters. The van der Waals surface area contributed by atoms with Gasteiger partial charge in [0.2, 0.25) is 5.95 Å². The maximum absolute atomic E-state index is 7.32. The Morgan fingerprint density at radius 1 is 1.10 bits per heavy atom. The van der Waals surface area contributed by atoms with Gasteiger partial charge in [-0.15, -0.1) is 0 Å². The number of rotatable bonds is 2. The number of benzene rings is 2. The number of hydrogen-bond acceptors (Lipinski definition) is 3. The summed E-state index contributed by atoms with van der Waals surface area (Å²) in [5.74, 6) is 0.0616. The predicted octanol–water partition coefficient (Wildman–Crippen LogP) is 3.26. The summed E-state index contributed by atoms with van der Waals surface area (Å²) in [7, 11) is 0. The Balaban J connectivity index is 2.27. The Morgan fingerprint density at radius 2 is 1.86 bits per heavy atom. The van der Waals surface area contributed by atoms with Gasteiger partial charge < -0.3 is 5.73 Å². The van der Waals surface area contributed by atoms with Gasteiger partial charge in [-0.2, -0.15) is 0 Å². The maximum atomic E-state index is 7.32. The fourth-order valence-corrected chi connectivity index (χ4v) is 2.26. The molecular weight excluding hydrogens is 286 g/mol. The highest BCUT2D eigenvalue weighted by Gasteiger charge is 2.10. The van der Waals surface area contributed by atoms with E-state index in [-0.39, 0.29) is 11.9 Å². The van der Waals surface area contributed by atoms with Crippen molar-refractivity contribution in [3.05, 3.63) is 53.6 Å². The third-order valence-corrected chi connectivity index (χ3v) is 3.19. The van der Waals surface area contributed by atoms with E-state index in [2.05, 4.69) is 15.3 Å². The molecule has 0 saturated heterocycles. The van der Waals surface area contributed by atoms with Crippen molar-refractivity contribution in [2.75, 3.05) is 5.32 Å². The van der Waals surface area contributed by atoms with E-state index >= 15 is 0 Å². The molecule has 3 aromatic rings. The van der Waals surface area contributed by atoms with E-state index in [1.54, 1.807) is 12.1 Å². The Bertz CT molecular complexity index is 817. The van der Waals surface area contributed by atoms with E-state index in [0.29, 0.717) is 10.5 Å². The van der Waals surface area contributed by atoms with Crippen LogP contribution in [-0.2, 0) is 0 Å². The summed E-state index contributed by atoms with van der Waals surface area (Å²) in [6.07, 6.45) is 0. The molecule has 0 bridgehead atoms. The minimum absolute atomic E-state index is 0.213. The van der Waals surface area contributed by atoms with Crippen LogP contribution in [0.2, 0.25) is 5.02 Å². The number of guanidine groups is 1. The Kier molecular flexibility index (Phi) is 3.41. The first-order chi connectivity index (χ1) is 10.1. The largest absolute Gasteiger partial charge is 0.370 e. The lowest BCUT2D eigenvalue weighted by molar-refractivity contribution is 1.21. The topological polar surface area (TPSA) is 87.7 Å². The highest BCUT2D eigenvalue weighted by molar-refractivity contribution is 6.31. The fraction of sp³-hybridized carbons (Fsp3) is 0. The molecule has 0 fully saturated rings. The molecule has 0 atom stereocenters. The van der Waals surface area contributed by atoms with Crippen LogP contribution in [0.5, 0.6) is 0 Å². The molecule has 0 spiro atoms. The quantitative estimate of drug-likeness (QED) is 0.500. The molecule has 0 saturated carbocycles. The van der Waals surface area contributed by atoms with Gasteiger partial charge in [0.15, 0.2) is 5.96 Å². The van der Waals surface area contributed by atoms with Crippen molar-refractivity contribution in [3.63, 3.8) is 0 Å². The first kappa shape index (κ1) is 13.3. The van der Waals surface area contributed by atoms with E-state index in [1.807, 2.05) is 36.4 Å². The molecule has 1 heterocycles. The molecule has 0 amide bonds. The number of halogens is 1. The molecule has 4 N–H and O–H groups in total. The van der Waals surface area contributed by atoms with Gasteiger partial charge in [-0.1, -0.05) is 41.9 Å². The lowest BCUT2D eigenvalue weighted by Gasteiger charge is -2.09. The van der Waals surface area contributed by atoms with Crippen LogP contribution < -0.4 is 11.1 Å². The fourth-order valence-electron chi connectivity index (χ4n) is 2.10. The molecule has 1 aromatic heterocycles. The second kappa shape index (κ2) is 5.38. The second-order valence-electron chi connectivity index (χ2n) is 4.46. The van der Waals surface area contributed by atoms with Crippen LogP contribution in [0.15, 0.2) is 48.5 Å². The van der Waals surface area contributed by atoms with E-state index in [0.717, 1.165) is 16.6 Å². The van der Waals surface area contributed by atoms with Crippen LogP contribution in [0.25, 0.3) is 22.2 Å². The summed E-state index contributed by atoms with van der Waals surface area (Å²) in [5.41, 5.74) is 7.77. The zero-order chi connectivity index (χ0) is 14.8. The smallest absolute Gasteiger partial charge is 0.230 e. The molecule has 0 radical (unpaired) electrons. The van der Waals surface area contributed by atoms with Crippen LogP contribution in [0.4, 0.5) is 5.95 Å². The van der Waals surface area contributed by atoms with Gasteiger partial charge in [0.05, 0.1) is 11.2 Å². The number of anilines is 1. The zero-order valence-electron chi connectivity index (χ0n) is 11.0. The van der Waals surface area contributed by atoms with Crippen LogP contribution in [-0.4, -0.2) is 15.9 Å². The van der Waals surface area contributed by atoms with Crippen LogP contribution >= 0.6 is 11.6 Å². The summed E-state index contributed by atoms with van der Waals surface area (Å²) < 4.78 is 0. The third kappa shape index (κ3) is 2.78. The molecule has 21 heavy (non-hydrogen) atoms. The van der Waals surface area contributed by atoms with Crippen LogP contribution in [0.3, 0.4) is 0 Å². The van der Waals surface area contributed by atoms with Gasteiger partial charge in [-0.25, -0.2) is 9.97 Å². The van der Waals surface area contributed by atoms with Gasteiger partial charge >= 0.3 is 0 Å². The first-order valence-corrected chi connectivity index (χ1v) is 6.65. The van der Waals surface area contributed by atoms with Gasteiger partial charge in [0.1, 0.15) is 0 Å². The molecule has 104 valence electrons. The third-order valence-electron chi connectivity index (χ3n) is 2.95. The minimum atomic E-state index is -0.213. The summed E-state index contributed by atoms with van der Waals surface area (Å²) in [4.78, 5) is 8.79. The molecular formula is C15H12ClN5. The molecule has 0 aliphatic heterocycles.